The fourth-order valence-electron chi connectivity index (χ4n) is 2.85. The molecule has 1 aromatic heterocycles. The van der Waals surface area contributed by atoms with Gasteiger partial charge in [0.1, 0.15) is 5.69 Å². The van der Waals surface area contributed by atoms with Crippen LogP contribution >= 0.6 is 0 Å². The average molecular weight is 292 g/mol. The van der Waals surface area contributed by atoms with Crippen LogP contribution in [0.1, 0.15) is 40.1 Å². The first-order valence-corrected chi connectivity index (χ1v) is 7.43. The lowest BCUT2D eigenvalue weighted by molar-refractivity contribution is 0.0677. The minimum Gasteiger partial charge on any atom is -0.366 e. The number of aryl methyl sites for hydroxylation is 1. The Labute approximate surface area is 125 Å². The van der Waals surface area contributed by atoms with Crippen molar-refractivity contribution in [3.8, 4) is 0 Å². The van der Waals surface area contributed by atoms with Gasteiger partial charge in [-0.25, -0.2) is 0 Å². The van der Waals surface area contributed by atoms with Gasteiger partial charge in [-0.1, -0.05) is 0 Å². The van der Waals surface area contributed by atoms with Gasteiger partial charge in [-0.3, -0.25) is 9.59 Å². The molecule has 0 aliphatic carbocycles. The van der Waals surface area contributed by atoms with Crippen molar-refractivity contribution in [3.05, 3.63) is 23.5 Å². The summed E-state index contributed by atoms with van der Waals surface area (Å²) >= 11 is 0. The lowest BCUT2D eigenvalue weighted by Gasteiger charge is -2.32. The molecule has 2 heterocycles. The molecule has 0 atom stereocenters. The summed E-state index contributed by atoms with van der Waals surface area (Å²) in [4.78, 5) is 25.6. The molecule has 2 rings (SSSR count). The van der Waals surface area contributed by atoms with E-state index in [9.17, 15) is 9.59 Å². The van der Waals surface area contributed by atoms with Crippen molar-refractivity contribution < 1.29 is 9.59 Å². The quantitative estimate of drug-likeness (QED) is 0.833. The van der Waals surface area contributed by atoms with E-state index >= 15 is 0 Å². The third kappa shape index (κ3) is 3.64. The molecule has 0 aromatic carbocycles. The van der Waals surface area contributed by atoms with Crippen LogP contribution in [0.4, 0.5) is 0 Å². The summed E-state index contributed by atoms with van der Waals surface area (Å²) in [7, 11) is 3.73. The number of nitrogens with zero attached hydrogens (tertiary/aromatic N) is 2. The van der Waals surface area contributed by atoms with Crippen LogP contribution in [0.5, 0.6) is 0 Å². The summed E-state index contributed by atoms with van der Waals surface area (Å²) in [6.07, 6.45) is 4.85. The minimum atomic E-state index is -0.504. The number of primary amides is 1. The van der Waals surface area contributed by atoms with Crippen molar-refractivity contribution in [1.29, 1.82) is 0 Å². The summed E-state index contributed by atoms with van der Waals surface area (Å²) in [5, 5.41) is 3.17. The molecule has 116 valence electrons. The van der Waals surface area contributed by atoms with Crippen molar-refractivity contribution in [3.63, 3.8) is 0 Å². The molecule has 0 bridgehead atoms. The van der Waals surface area contributed by atoms with Crippen molar-refractivity contribution in [2.24, 2.45) is 18.7 Å². The zero-order chi connectivity index (χ0) is 15.4. The van der Waals surface area contributed by atoms with E-state index in [0.717, 1.165) is 38.9 Å². The number of amides is 2. The number of hydrogen-bond acceptors (Lipinski definition) is 3. The molecule has 0 spiro atoms. The van der Waals surface area contributed by atoms with Crippen molar-refractivity contribution in [2.45, 2.75) is 19.3 Å². The minimum absolute atomic E-state index is 0.0166. The molecule has 6 heteroatoms. The molecule has 1 saturated heterocycles. The average Bonchev–Trinajstić information content (AvgIpc) is 2.87. The van der Waals surface area contributed by atoms with Gasteiger partial charge in [0.25, 0.3) is 5.91 Å². The second kappa shape index (κ2) is 6.76. The highest BCUT2D eigenvalue weighted by molar-refractivity contribution is 5.98. The van der Waals surface area contributed by atoms with Crippen molar-refractivity contribution in [1.82, 2.24) is 14.8 Å². The van der Waals surface area contributed by atoms with Crippen LogP contribution in [0, 0.1) is 5.92 Å². The Hall–Kier alpha value is -1.82. The normalized spacial score (nSPS) is 16.2. The van der Waals surface area contributed by atoms with Crippen LogP contribution in [0.25, 0.3) is 0 Å². The molecule has 1 aliphatic heterocycles. The van der Waals surface area contributed by atoms with E-state index in [0.29, 0.717) is 17.2 Å². The summed E-state index contributed by atoms with van der Waals surface area (Å²) in [5.41, 5.74) is 6.16. The molecule has 0 radical (unpaired) electrons. The van der Waals surface area contributed by atoms with Gasteiger partial charge >= 0.3 is 0 Å². The lowest BCUT2D eigenvalue weighted by Crippen LogP contribution is -2.39. The number of aromatic nitrogens is 1. The Balaban J connectivity index is 1.97. The molecular weight excluding hydrogens is 268 g/mol. The zero-order valence-electron chi connectivity index (χ0n) is 12.8. The maximum absolute atomic E-state index is 12.5. The molecule has 21 heavy (non-hydrogen) atoms. The number of piperidine rings is 1. The van der Waals surface area contributed by atoms with Gasteiger partial charge in [-0.05, 0) is 44.8 Å². The van der Waals surface area contributed by atoms with Gasteiger partial charge < -0.3 is 20.5 Å². The summed E-state index contributed by atoms with van der Waals surface area (Å²) < 4.78 is 1.68. The van der Waals surface area contributed by atoms with E-state index in [1.807, 2.05) is 11.9 Å². The number of nitrogens with one attached hydrogen (secondary N) is 1. The Morgan fingerprint density at radius 2 is 2.05 bits per heavy atom. The number of carbonyl (C=O) groups excluding carboxylic acids is 2. The lowest BCUT2D eigenvalue weighted by atomic mass is 9.93. The smallest absolute Gasteiger partial charge is 0.270 e. The number of hydrogen-bond donors (Lipinski definition) is 2. The van der Waals surface area contributed by atoms with E-state index in [4.69, 9.17) is 5.73 Å². The Morgan fingerprint density at radius 1 is 1.38 bits per heavy atom. The van der Waals surface area contributed by atoms with E-state index in [1.54, 1.807) is 23.9 Å². The summed E-state index contributed by atoms with van der Waals surface area (Å²) in [5.74, 6) is 0.170. The van der Waals surface area contributed by atoms with Crippen molar-refractivity contribution in [2.75, 3.05) is 26.7 Å². The highest BCUT2D eigenvalue weighted by Crippen LogP contribution is 2.22. The zero-order valence-corrected chi connectivity index (χ0v) is 12.8. The van der Waals surface area contributed by atoms with E-state index < -0.39 is 5.91 Å². The first-order chi connectivity index (χ1) is 10.0. The number of rotatable bonds is 5. The standard InChI is InChI=1S/C15H24N4O2/c1-17-6-3-11-4-7-19(8-5-11)15(21)13-9-12(14(16)20)10-18(13)2/h9-11,17H,3-8H2,1-2H3,(H2,16,20). The molecule has 1 fully saturated rings. The third-order valence-corrected chi connectivity index (χ3v) is 4.21. The van der Waals surface area contributed by atoms with Crippen LogP contribution in [0.3, 0.4) is 0 Å². The largest absolute Gasteiger partial charge is 0.366 e. The monoisotopic (exact) mass is 292 g/mol. The Kier molecular flexibility index (Phi) is 5.01. The van der Waals surface area contributed by atoms with Gasteiger partial charge in [-0.15, -0.1) is 0 Å². The van der Waals surface area contributed by atoms with Crippen LogP contribution in [-0.2, 0) is 7.05 Å². The number of likely N-dealkylation sites (tertiary alicyclic amines) is 1. The molecule has 3 N–H and O–H groups in total. The maximum atomic E-state index is 12.5. The molecule has 0 saturated carbocycles. The SMILES string of the molecule is CNCCC1CCN(C(=O)c2cc(C(N)=O)cn2C)CC1. The van der Waals surface area contributed by atoms with Gasteiger partial charge in [-0.2, -0.15) is 0 Å². The molecular formula is C15H24N4O2. The van der Waals surface area contributed by atoms with E-state index in [1.165, 1.54) is 0 Å². The third-order valence-electron chi connectivity index (χ3n) is 4.21. The van der Waals surface area contributed by atoms with Gasteiger partial charge in [0, 0.05) is 26.3 Å². The van der Waals surface area contributed by atoms with E-state index in [-0.39, 0.29) is 5.91 Å². The van der Waals surface area contributed by atoms with Crippen molar-refractivity contribution >= 4 is 11.8 Å². The Bertz CT molecular complexity index is 516. The molecule has 0 unspecified atom stereocenters. The molecule has 2 amide bonds. The highest BCUT2D eigenvalue weighted by atomic mass is 16.2. The first-order valence-electron chi connectivity index (χ1n) is 7.43. The van der Waals surface area contributed by atoms with Crippen LogP contribution in [0.15, 0.2) is 12.3 Å². The fourth-order valence-corrected chi connectivity index (χ4v) is 2.85. The number of nitrogens with two attached hydrogens (primary N) is 1. The van der Waals surface area contributed by atoms with Gasteiger partial charge in [0.15, 0.2) is 0 Å². The molecule has 1 aliphatic rings. The predicted molar refractivity (Wildman–Crippen MR) is 81.1 cm³/mol. The van der Waals surface area contributed by atoms with Crippen LogP contribution < -0.4 is 11.1 Å². The van der Waals surface area contributed by atoms with E-state index in [2.05, 4.69) is 5.32 Å². The van der Waals surface area contributed by atoms with Gasteiger partial charge in [0.05, 0.1) is 5.56 Å². The molecule has 6 nitrogen and oxygen atoms in total. The van der Waals surface area contributed by atoms with Crippen LogP contribution in [-0.4, -0.2) is 48.0 Å². The molecule has 1 aromatic rings. The Morgan fingerprint density at radius 3 is 2.57 bits per heavy atom. The second-order valence-electron chi connectivity index (χ2n) is 5.72. The number of carbonyl (C=O) groups is 2. The predicted octanol–water partition coefficient (Wildman–Crippen LogP) is 0.586. The first kappa shape index (κ1) is 15.6. The second-order valence-corrected chi connectivity index (χ2v) is 5.72. The summed E-state index contributed by atoms with van der Waals surface area (Å²) in [6, 6.07) is 1.58. The topological polar surface area (TPSA) is 80.4 Å². The maximum Gasteiger partial charge on any atom is 0.270 e. The fraction of sp³-hybridized carbons (Fsp3) is 0.600. The van der Waals surface area contributed by atoms with Gasteiger partial charge in [0.2, 0.25) is 5.91 Å². The van der Waals surface area contributed by atoms with Crippen LogP contribution in [0.2, 0.25) is 0 Å². The summed E-state index contributed by atoms with van der Waals surface area (Å²) in [6.45, 7) is 2.59. The highest BCUT2D eigenvalue weighted by Gasteiger charge is 2.25.